The number of H-pyrrole nitrogens is 1. The van der Waals surface area contributed by atoms with Crippen molar-refractivity contribution in [1.82, 2.24) is 14.9 Å². The van der Waals surface area contributed by atoms with E-state index in [-0.39, 0.29) is 5.91 Å². The minimum Gasteiger partial charge on any atom is -0.347 e. The third-order valence-electron chi connectivity index (χ3n) is 2.47. The van der Waals surface area contributed by atoms with Crippen LogP contribution in [0.1, 0.15) is 5.82 Å². The van der Waals surface area contributed by atoms with E-state index in [0.717, 1.165) is 10.7 Å². The van der Waals surface area contributed by atoms with E-state index >= 15 is 0 Å². The summed E-state index contributed by atoms with van der Waals surface area (Å²) in [5, 5.41) is 0. The Morgan fingerprint density at radius 3 is 2.83 bits per heavy atom. The molecule has 0 saturated heterocycles. The number of aromatic nitrogens is 2. The molecule has 0 radical (unpaired) electrons. The molecule has 5 heteroatoms. The topological polar surface area (TPSA) is 49.0 Å². The maximum Gasteiger partial charge on any atom is 0.233 e. The normalized spacial score (nSPS) is 10.3. The zero-order valence-electron chi connectivity index (χ0n) is 10.2. The minimum absolute atomic E-state index is 0.0975. The standard InChI is InChI=1S/C13H15N3OS/c1-16(9-12-14-7-8-15-12)13(17)10-18-11-5-3-2-4-6-11/h2-8H,9-10H2,1H3,(H,14,15). The van der Waals surface area contributed by atoms with Crippen LogP contribution >= 0.6 is 11.8 Å². The Hall–Kier alpha value is -1.75. The number of thioether (sulfide) groups is 1. The van der Waals surface area contributed by atoms with Crippen molar-refractivity contribution in [1.29, 1.82) is 0 Å². The van der Waals surface area contributed by atoms with E-state index in [4.69, 9.17) is 0 Å². The van der Waals surface area contributed by atoms with Crippen LogP contribution in [0, 0.1) is 0 Å². The summed E-state index contributed by atoms with van der Waals surface area (Å²) in [5.41, 5.74) is 0. The maximum absolute atomic E-state index is 11.9. The molecule has 0 bridgehead atoms. The summed E-state index contributed by atoms with van der Waals surface area (Å²) >= 11 is 1.55. The van der Waals surface area contributed by atoms with E-state index in [1.807, 2.05) is 30.3 Å². The predicted octanol–water partition coefficient (Wildman–Crippen LogP) is 2.16. The fourth-order valence-electron chi connectivity index (χ4n) is 1.47. The molecule has 0 aliphatic carbocycles. The molecular formula is C13H15N3OS. The van der Waals surface area contributed by atoms with Gasteiger partial charge in [-0.1, -0.05) is 18.2 Å². The summed E-state index contributed by atoms with van der Waals surface area (Å²) in [6, 6.07) is 9.92. The monoisotopic (exact) mass is 261 g/mol. The Kier molecular flexibility index (Phi) is 4.41. The Morgan fingerprint density at radius 1 is 1.39 bits per heavy atom. The number of benzene rings is 1. The second-order valence-corrected chi connectivity index (χ2v) is 4.94. The van der Waals surface area contributed by atoms with Gasteiger partial charge in [-0.05, 0) is 12.1 Å². The van der Waals surface area contributed by atoms with Gasteiger partial charge in [0.25, 0.3) is 0 Å². The summed E-state index contributed by atoms with van der Waals surface area (Å²) in [7, 11) is 1.79. The molecule has 0 aliphatic heterocycles. The average Bonchev–Trinajstić information content (AvgIpc) is 2.90. The van der Waals surface area contributed by atoms with E-state index < -0.39 is 0 Å². The summed E-state index contributed by atoms with van der Waals surface area (Å²) in [4.78, 5) is 21.8. The highest BCUT2D eigenvalue weighted by atomic mass is 32.2. The lowest BCUT2D eigenvalue weighted by Gasteiger charge is -2.15. The second kappa shape index (κ2) is 6.26. The second-order valence-electron chi connectivity index (χ2n) is 3.89. The summed E-state index contributed by atoms with van der Waals surface area (Å²) in [5.74, 6) is 1.34. The van der Waals surface area contributed by atoms with Crippen LogP contribution < -0.4 is 0 Å². The van der Waals surface area contributed by atoms with Crippen molar-refractivity contribution < 1.29 is 4.79 Å². The molecule has 0 fully saturated rings. The minimum atomic E-state index is 0.0975. The van der Waals surface area contributed by atoms with Gasteiger partial charge in [0.1, 0.15) is 5.82 Å². The van der Waals surface area contributed by atoms with Crippen molar-refractivity contribution in [2.45, 2.75) is 11.4 Å². The van der Waals surface area contributed by atoms with Crippen LogP contribution in [-0.4, -0.2) is 33.6 Å². The van der Waals surface area contributed by atoms with Crippen LogP contribution in [-0.2, 0) is 11.3 Å². The highest BCUT2D eigenvalue weighted by molar-refractivity contribution is 8.00. The average molecular weight is 261 g/mol. The first kappa shape index (κ1) is 12.7. The first-order chi connectivity index (χ1) is 8.75. The third-order valence-corrected chi connectivity index (χ3v) is 3.47. The van der Waals surface area contributed by atoms with Gasteiger partial charge < -0.3 is 9.88 Å². The van der Waals surface area contributed by atoms with Gasteiger partial charge in [0.2, 0.25) is 5.91 Å². The fourth-order valence-corrected chi connectivity index (χ4v) is 2.33. The SMILES string of the molecule is CN(Cc1ncc[nH]1)C(=O)CSc1ccccc1. The van der Waals surface area contributed by atoms with Crippen LogP contribution in [0.25, 0.3) is 0 Å². The van der Waals surface area contributed by atoms with Gasteiger partial charge in [0.05, 0.1) is 12.3 Å². The highest BCUT2D eigenvalue weighted by Gasteiger charge is 2.10. The lowest BCUT2D eigenvalue weighted by molar-refractivity contribution is -0.127. The van der Waals surface area contributed by atoms with E-state index in [2.05, 4.69) is 9.97 Å². The molecule has 2 rings (SSSR count). The van der Waals surface area contributed by atoms with Gasteiger partial charge in [-0.15, -0.1) is 11.8 Å². The Bertz CT molecular complexity index is 484. The molecule has 0 atom stereocenters. The van der Waals surface area contributed by atoms with Crippen LogP contribution in [0.4, 0.5) is 0 Å². The number of carbonyl (C=O) groups is 1. The van der Waals surface area contributed by atoms with Gasteiger partial charge in [0.15, 0.2) is 0 Å². The molecule has 1 amide bonds. The zero-order chi connectivity index (χ0) is 12.8. The molecule has 0 unspecified atom stereocenters. The summed E-state index contributed by atoms with van der Waals surface area (Å²) in [6.07, 6.45) is 3.44. The van der Waals surface area contributed by atoms with Crippen molar-refractivity contribution in [3.63, 3.8) is 0 Å². The summed E-state index contributed by atoms with van der Waals surface area (Å²) in [6.45, 7) is 0.515. The van der Waals surface area contributed by atoms with Crippen molar-refractivity contribution in [2.24, 2.45) is 0 Å². The van der Waals surface area contributed by atoms with Crippen LogP contribution in [0.3, 0.4) is 0 Å². The number of carbonyl (C=O) groups excluding carboxylic acids is 1. The molecule has 0 saturated carbocycles. The molecule has 1 N–H and O–H groups in total. The Morgan fingerprint density at radius 2 is 2.17 bits per heavy atom. The maximum atomic E-state index is 11.9. The molecule has 2 aromatic rings. The Labute approximate surface area is 110 Å². The largest absolute Gasteiger partial charge is 0.347 e. The van der Waals surface area contributed by atoms with E-state index in [0.29, 0.717) is 12.3 Å². The zero-order valence-corrected chi connectivity index (χ0v) is 11.0. The molecule has 1 aromatic heterocycles. The predicted molar refractivity (Wildman–Crippen MR) is 72.2 cm³/mol. The van der Waals surface area contributed by atoms with Crippen molar-refractivity contribution in [3.8, 4) is 0 Å². The number of amides is 1. The summed E-state index contributed by atoms with van der Waals surface area (Å²) < 4.78 is 0. The number of rotatable bonds is 5. The number of aromatic amines is 1. The first-order valence-corrected chi connectivity index (χ1v) is 6.64. The number of hydrogen-bond donors (Lipinski definition) is 1. The number of nitrogens with zero attached hydrogens (tertiary/aromatic N) is 2. The molecule has 1 aromatic carbocycles. The number of nitrogens with one attached hydrogen (secondary N) is 1. The van der Waals surface area contributed by atoms with Gasteiger partial charge in [-0.2, -0.15) is 0 Å². The first-order valence-electron chi connectivity index (χ1n) is 5.66. The van der Waals surface area contributed by atoms with Crippen molar-refractivity contribution >= 4 is 17.7 Å². The van der Waals surface area contributed by atoms with Crippen molar-refractivity contribution in [2.75, 3.05) is 12.8 Å². The number of hydrogen-bond acceptors (Lipinski definition) is 3. The molecule has 0 aliphatic rings. The molecule has 1 heterocycles. The molecule has 94 valence electrons. The van der Waals surface area contributed by atoms with E-state index in [1.54, 1.807) is 36.1 Å². The van der Waals surface area contributed by atoms with Crippen LogP contribution in [0.15, 0.2) is 47.6 Å². The van der Waals surface area contributed by atoms with Crippen LogP contribution in [0.2, 0.25) is 0 Å². The lowest BCUT2D eigenvalue weighted by Crippen LogP contribution is -2.28. The van der Waals surface area contributed by atoms with Crippen molar-refractivity contribution in [3.05, 3.63) is 48.5 Å². The van der Waals surface area contributed by atoms with E-state index in [9.17, 15) is 4.79 Å². The molecule has 4 nitrogen and oxygen atoms in total. The quantitative estimate of drug-likeness (QED) is 0.839. The molecule has 0 spiro atoms. The number of imidazole rings is 1. The van der Waals surface area contributed by atoms with Gasteiger partial charge >= 0.3 is 0 Å². The van der Waals surface area contributed by atoms with Crippen LogP contribution in [0.5, 0.6) is 0 Å². The molecule has 18 heavy (non-hydrogen) atoms. The fraction of sp³-hybridized carbons (Fsp3) is 0.231. The molecular weight excluding hydrogens is 246 g/mol. The van der Waals surface area contributed by atoms with Gasteiger partial charge in [0, 0.05) is 24.3 Å². The highest BCUT2D eigenvalue weighted by Crippen LogP contribution is 2.17. The third kappa shape index (κ3) is 3.63. The lowest BCUT2D eigenvalue weighted by atomic mass is 10.4. The smallest absolute Gasteiger partial charge is 0.233 e. The Balaban J connectivity index is 1.81. The van der Waals surface area contributed by atoms with Gasteiger partial charge in [-0.25, -0.2) is 4.98 Å². The van der Waals surface area contributed by atoms with Gasteiger partial charge in [-0.3, -0.25) is 4.79 Å². The van der Waals surface area contributed by atoms with E-state index in [1.165, 1.54) is 0 Å².